The number of thioether (sulfide) groups is 1. The molecule has 0 fully saturated rings. The van der Waals surface area contributed by atoms with Crippen LogP contribution in [0, 0.1) is 11.3 Å². The van der Waals surface area contributed by atoms with Crippen LogP contribution in [0.15, 0.2) is 53.9 Å². The van der Waals surface area contributed by atoms with Gasteiger partial charge in [-0.05, 0) is 30.7 Å². The summed E-state index contributed by atoms with van der Waals surface area (Å²) in [4.78, 5) is 16.3. The summed E-state index contributed by atoms with van der Waals surface area (Å²) in [7, 11) is 0. The molecule has 1 aromatic carbocycles. The topological polar surface area (TPSA) is 96.5 Å². The number of pyridine rings is 1. The van der Waals surface area contributed by atoms with Crippen LogP contribution in [0.3, 0.4) is 0 Å². The Morgan fingerprint density at radius 1 is 1.21 bits per heavy atom. The second-order valence-electron chi connectivity index (χ2n) is 6.00. The predicted molar refractivity (Wildman–Crippen MR) is 109 cm³/mol. The molecule has 0 aliphatic carbocycles. The number of rotatable bonds is 8. The minimum Gasteiger partial charge on any atom is -0.325 e. The lowest BCUT2D eigenvalue weighted by molar-refractivity contribution is -0.115. The Bertz CT molecular complexity index is 980. The highest BCUT2D eigenvalue weighted by Crippen LogP contribution is 2.24. The zero-order valence-electron chi connectivity index (χ0n) is 15.5. The van der Waals surface area contributed by atoms with Crippen LogP contribution in [0.4, 0.5) is 5.69 Å². The van der Waals surface area contributed by atoms with Crippen molar-refractivity contribution in [3.8, 4) is 17.5 Å². The molecular weight excluding hydrogens is 372 g/mol. The highest BCUT2D eigenvalue weighted by Gasteiger charge is 2.14. The van der Waals surface area contributed by atoms with Gasteiger partial charge in [0, 0.05) is 36.7 Å². The summed E-state index contributed by atoms with van der Waals surface area (Å²) in [5.41, 5.74) is 1.95. The number of hydrogen-bond donors (Lipinski definition) is 1. The average molecular weight is 392 g/mol. The standard InChI is InChI=1S/C20H20N6OS/c1-2-12-26-19(15-7-10-22-11-8-15)24-25-20(26)28-13-9-18(27)23-17-6-4-3-5-16(17)14-21/h3-8,10-11H,2,9,12-13H2,1H3,(H,23,27). The number of nitriles is 1. The van der Waals surface area contributed by atoms with Gasteiger partial charge >= 0.3 is 0 Å². The van der Waals surface area contributed by atoms with Crippen molar-refractivity contribution in [2.75, 3.05) is 11.1 Å². The first-order chi connectivity index (χ1) is 13.7. The number of nitrogens with zero attached hydrogens (tertiary/aromatic N) is 5. The Morgan fingerprint density at radius 3 is 2.75 bits per heavy atom. The van der Waals surface area contributed by atoms with Crippen molar-refractivity contribution >= 4 is 23.4 Å². The van der Waals surface area contributed by atoms with Gasteiger partial charge in [0.05, 0.1) is 11.3 Å². The van der Waals surface area contributed by atoms with E-state index in [9.17, 15) is 4.79 Å². The second kappa shape index (κ2) is 9.67. The first-order valence-corrected chi connectivity index (χ1v) is 9.97. The molecule has 2 heterocycles. The number of carbonyl (C=O) groups excluding carboxylic acids is 1. The van der Waals surface area contributed by atoms with E-state index in [1.165, 1.54) is 11.8 Å². The summed E-state index contributed by atoms with van der Waals surface area (Å²) in [6, 6.07) is 12.9. The van der Waals surface area contributed by atoms with E-state index >= 15 is 0 Å². The molecule has 2 aromatic heterocycles. The summed E-state index contributed by atoms with van der Waals surface area (Å²) < 4.78 is 2.07. The molecule has 0 radical (unpaired) electrons. The van der Waals surface area contributed by atoms with Crippen molar-refractivity contribution in [2.24, 2.45) is 0 Å². The monoisotopic (exact) mass is 392 g/mol. The van der Waals surface area contributed by atoms with E-state index < -0.39 is 0 Å². The van der Waals surface area contributed by atoms with Gasteiger partial charge in [-0.1, -0.05) is 30.8 Å². The van der Waals surface area contributed by atoms with E-state index in [0.29, 0.717) is 23.4 Å². The molecule has 28 heavy (non-hydrogen) atoms. The first-order valence-electron chi connectivity index (χ1n) is 8.98. The smallest absolute Gasteiger partial charge is 0.225 e. The molecule has 142 valence electrons. The summed E-state index contributed by atoms with van der Waals surface area (Å²) in [6.45, 7) is 2.90. The van der Waals surface area contributed by atoms with Crippen molar-refractivity contribution < 1.29 is 4.79 Å². The third kappa shape index (κ3) is 4.75. The lowest BCUT2D eigenvalue weighted by Crippen LogP contribution is -2.13. The minimum absolute atomic E-state index is 0.133. The molecule has 0 saturated carbocycles. The zero-order chi connectivity index (χ0) is 19.8. The van der Waals surface area contributed by atoms with E-state index in [4.69, 9.17) is 5.26 Å². The van der Waals surface area contributed by atoms with Gasteiger partial charge in [-0.3, -0.25) is 9.78 Å². The van der Waals surface area contributed by atoms with E-state index in [1.54, 1.807) is 36.7 Å². The molecule has 3 aromatic rings. The van der Waals surface area contributed by atoms with Crippen molar-refractivity contribution in [1.29, 1.82) is 5.26 Å². The van der Waals surface area contributed by atoms with E-state index in [-0.39, 0.29) is 5.91 Å². The lowest BCUT2D eigenvalue weighted by Gasteiger charge is -2.09. The van der Waals surface area contributed by atoms with Crippen molar-refractivity contribution in [2.45, 2.75) is 31.5 Å². The number of anilines is 1. The van der Waals surface area contributed by atoms with Gasteiger partial charge in [0.1, 0.15) is 6.07 Å². The minimum atomic E-state index is -0.133. The maximum Gasteiger partial charge on any atom is 0.225 e. The number of amides is 1. The number of nitrogens with one attached hydrogen (secondary N) is 1. The van der Waals surface area contributed by atoms with Gasteiger partial charge in [0.15, 0.2) is 11.0 Å². The first kappa shape index (κ1) is 19.6. The lowest BCUT2D eigenvalue weighted by atomic mass is 10.2. The van der Waals surface area contributed by atoms with Crippen LogP contribution >= 0.6 is 11.8 Å². The summed E-state index contributed by atoms with van der Waals surface area (Å²) in [5.74, 6) is 1.24. The van der Waals surface area contributed by atoms with Gasteiger partial charge < -0.3 is 9.88 Å². The highest BCUT2D eigenvalue weighted by atomic mass is 32.2. The van der Waals surface area contributed by atoms with Gasteiger partial charge in [-0.25, -0.2) is 0 Å². The molecule has 1 N–H and O–H groups in total. The summed E-state index contributed by atoms with van der Waals surface area (Å²) >= 11 is 1.50. The van der Waals surface area contributed by atoms with E-state index in [0.717, 1.165) is 29.5 Å². The maximum absolute atomic E-state index is 12.2. The number of benzene rings is 1. The fraction of sp³-hybridized carbons (Fsp3) is 0.250. The molecule has 0 unspecified atom stereocenters. The molecule has 0 atom stereocenters. The van der Waals surface area contributed by atoms with Gasteiger partial charge in [0.25, 0.3) is 0 Å². The molecule has 1 amide bonds. The average Bonchev–Trinajstić information content (AvgIpc) is 3.12. The fourth-order valence-corrected chi connectivity index (χ4v) is 3.57. The van der Waals surface area contributed by atoms with Crippen LogP contribution in [-0.2, 0) is 11.3 Å². The Kier molecular flexibility index (Phi) is 6.76. The van der Waals surface area contributed by atoms with Crippen LogP contribution < -0.4 is 5.32 Å². The molecule has 0 spiro atoms. The number of hydrogen-bond acceptors (Lipinski definition) is 6. The molecule has 0 saturated heterocycles. The van der Waals surface area contributed by atoms with Crippen LogP contribution in [0.5, 0.6) is 0 Å². The number of carbonyl (C=O) groups is 1. The van der Waals surface area contributed by atoms with Crippen LogP contribution in [0.1, 0.15) is 25.3 Å². The fourth-order valence-electron chi connectivity index (χ4n) is 2.67. The van der Waals surface area contributed by atoms with Crippen molar-refractivity contribution in [3.63, 3.8) is 0 Å². The normalized spacial score (nSPS) is 10.4. The van der Waals surface area contributed by atoms with Gasteiger partial charge in [0.2, 0.25) is 5.91 Å². The Hall–Kier alpha value is -3.18. The van der Waals surface area contributed by atoms with Crippen LogP contribution in [0.2, 0.25) is 0 Å². The Balaban J connectivity index is 1.62. The van der Waals surface area contributed by atoms with E-state index in [2.05, 4.69) is 38.1 Å². The second-order valence-corrected chi connectivity index (χ2v) is 7.06. The molecule has 0 aliphatic rings. The molecule has 0 bridgehead atoms. The molecule has 0 aliphatic heterocycles. The zero-order valence-corrected chi connectivity index (χ0v) is 16.3. The quantitative estimate of drug-likeness (QED) is 0.587. The predicted octanol–water partition coefficient (Wildman–Crippen LogP) is 3.74. The van der Waals surface area contributed by atoms with Crippen molar-refractivity contribution in [1.82, 2.24) is 19.7 Å². The Labute approximate surface area is 167 Å². The summed E-state index contributed by atoms with van der Waals surface area (Å²) in [6.07, 6.45) is 4.73. The number of aromatic nitrogens is 4. The SMILES string of the molecule is CCCn1c(SCCC(=O)Nc2ccccc2C#N)nnc1-c1ccncc1. The number of para-hydroxylation sites is 1. The molecule has 3 rings (SSSR count). The van der Waals surface area contributed by atoms with Gasteiger partial charge in [-0.2, -0.15) is 5.26 Å². The third-order valence-electron chi connectivity index (χ3n) is 3.98. The van der Waals surface area contributed by atoms with E-state index in [1.807, 2.05) is 12.1 Å². The van der Waals surface area contributed by atoms with Crippen LogP contribution in [-0.4, -0.2) is 31.4 Å². The highest BCUT2D eigenvalue weighted by molar-refractivity contribution is 7.99. The van der Waals surface area contributed by atoms with Gasteiger partial charge in [-0.15, -0.1) is 10.2 Å². The molecular formula is C20H20N6OS. The largest absolute Gasteiger partial charge is 0.325 e. The van der Waals surface area contributed by atoms with Crippen molar-refractivity contribution in [3.05, 3.63) is 54.4 Å². The Morgan fingerprint density at radius 2 is 2.00 bits per heavy atom. The molecule has 8 heteroatoms. The maximum atomic E-state index is 12.2. The third-order valence-corrected chi connectivity index (χ3v) is 4.95. The summed E-state index contributed by atoms with van der Waals surface area (Å²) in [5, 5.41) is 21.3. The van der Waals surface area contributed by atoms with Crippen LogP contribution in [0.25, 0.3) is 11.4 Å². The molecule has 7 nitrogen and oxygen atoms in total.